The first-order valence-corrected chi connectivity index (χ1v) is 10.0. The molecule has 2 saturated heterocycles. The molecule has 1 amide bonds. The van der Waals surface area contributed by atoms with Crippen LogP contribution in [-0.2, 0) is 14.8 Å². The summed E-state index contributed by atoms with van der Waals surface area (Å²) < 4.78 is 32.6. The summed E-state index contributed by atoms with van der Waals surface area (Å²) in [6.45, 7) is 5.92. The predicted molar refractivity (Wildman–Crippen MR) is 94.0 cm³/mol. The molecule has 1 aromatic rings. The SMILES string of the molecule is CC1COCCN1S(=O)(=O)c1cccc(C(=O)N2CCN(C)CC2)c1. The molecule has 2 aliphatic heterocycles. The minimum Gasteiger partial charge on any atom is -0.378 e. The summed E-state index contributed by atoms with van der Waals surface area (Å²) >= 11 is 0. The summed E-state index contributed by atoms with van der Waals surface area (Å²) in [6, 6.07) is 6.16. The van der Waals surface area contributed by atoms with Gasteiger partial charge in [0.2, 0.25) is 10.0 Å². The van der Waals surface area contributed by atoms with Crippen LogP contribution in [0.3, 0.4) is 0 Å². The van der Waals surface area contributed by atoms with Gasteiger partial charge in [-0.1, -0.05) is 6.07 Å². The van der Waals surface area contributed by atoms with Crippen LogP contribution in [0.25, 0.3) is 0 Å². The van der Waals surface area contributed by atoms with Crippen LogP contribution < -0.4 is 0 Å². The minimum absolute atomic E-state index is 0.111. The molecule has 3 rings (SSSR count). The lowest BCUT2D eigenvalue weighted by atomic mass is 10.2. The standard InChI is InChI=1S/C17H25N3O4S/c1-14-13-24-11-10-20(14)25(22,23)16-5-3-4-15(12-16)17(21)19-8-6-18(2)7-9-19/h3-5,12,14H,6-11,13H2,1-2H3. The van der Waals surface area contributed by atoms with E-state index in [-0.39, 0.29) is 16.8 Å². The minimum atomic E-state index is -3.63. The van der Waals surface area contributed by atoms with Crippen LogP contribution in [0.15, 0.2) is 29.2 Å². The molecule has 0 N–H and O–H groups in total. The third kappa shape index (κ3) is 3.87. The summed E-state index contributed by atoms with van der Waals surface area (Å²) in [5, 5.41) is 0. The lowest BCUT2D eigenvalue weighted by molar-refractivity contribution is 0.0392. The molecule has 2 fully saturated rings. The number of amides is 1. The van der Waals surface area contributed by atoms with Crippen LogP contribution in [0.5, 0.6) is 0 Å². The molecule has 2 heterocycles. The van der Waals surface area contributed by atoms with E-state index in [1.807, 2.05) is 14.0 Å². The van der Waals surface area contributed by atoms with E-state index in [1.54, 1.807) is 23.1 Å². The molecule has 1 aromatic carbocycles. The highest BCUT2D eigenvalue weighted by Gasteiger charge is 2.32. The number of carbonyl (C=O) groups excluding carboxylic acids is 1. The van der Waals surface area contributed by atoms with E-state index in [2.05, 4.69) is 4.90 Å². The maximum Gasteiger partial charge on any atom is 0.253 e. The Balaban J connectivity index is 1.82. The van der Waals surface area contributed by atoms with Gasteiger partial charge in [0.15, 0.2) is 0 Å². The fourth-order valence-corrected chi connectivity index (χ4v) is 4.83. The Hall–Kier alpha value is -1.48. The number of nitrogens with zero attached hydrogens (tertiary/aromatic N) is 3. The van der Waals surface area contributed by atoms with Gasteiger partial charge in [0, 0.05) is 44.3 Å². The number of likely N-dealkylation sites (N-methyl/N-ethyl adjacent to an activating group) is 1. The Kier molecular flexibility index (Phi) is 5.43. The van der Waals surface area contributed by atoms with Crippen LogP contribution in [-0.4, -0.2) is 87.5 Å². The van der Waals surface area contributed by atoms with Gasteiger partial charge >= 0.3 is 0 Å². The first-order chi connectivity index (χ1) is 11.9. The average molecular weight is 367 g/mol. The molecule has 7 nitrogen and oxygen atoms in total. The molecule has 0 aromatic heterocycles. The molecule has 2 aliphatic rings. The molecule has 0 radical (unpaired) electrons. The highest BCUT2D eigenvalue weighted by atomic mass is 32.2. The largest absolute Gasteiger partial charge is 0.378 e. The van der Waals surface area contributed by atoms with Crippen molar-refractivity contribution in [2.75, 3.05) is 53.0 Å². The van der Waals surface area contributed by atoms with Crippen molar-refractivity contribution >= 4 is 15.9 Å². The fraction of sp³-hybridized carbons (Fsp3) is 0.588. The summed E-state index contributed by atoms with van der Waals surface area (Å²) in [4.78, 5) is 16.8. The van der Waals surface area contributed by atoms with E-state index in [0.717, 1.165) is 13.1 Å². The van der Waals surface area contributed by atoms with Gasteiger partial charge in [-0.2, -0.15) is 4.31 Å². The van der Waals surface area contributed by atoms with E-state index >= 15 is 0 Å². The van der Waals surface area contributed by atoms with Crippen LogP contribution >= 0.6 is 0 Å². The van der Waals surface area contributed by atoms with Gasteiger partial charge in [0.25, 0.3) is 5.91 Å². The molecule has 0 aliphatic carbocycles. The Bertz CT molecular complexity index is 729. The van der Waals surface area contributed by atoms with Gasteiger partial charge < -0.3 is 14.5 Å². The van der Waals surface area contributed by atoms with Gasteiger partial charge in [-0.05, 0) is 32.2 Å². The Morgan fingerprint density at radius 3 is 2.56 bits per heavy atom. The first kappa shape index (κ1) is 18.3. The van der Waals surface area contributed by atoms with E-state index in [4.69, 9.17) is 4.74 Å². The van der Waals surface area contributed by atoms with Crippen molar-refractivity contribution in [3.05, 3.63) is 29.8 Å². The predicted octanol–water partition coefficient (Wildman–Crippen LogP) is 0.484. The molecule has 138 valence electrons. The lowest BCUT2D eigenvalue weighted by Gasteiger charge is -2.33. The smallest absolute Gasteiger partial charge is 0.253 e. The molecular weight excluding hydrogens is 342 g/mol. The monoisotopic (exact) mass is 367 g/mol. The zero-order valence-electron chi connectivity index (χ0n) is 14.7. The zero-order chi connectivity index (χ0) is 18.0. The van der Waals surface area contributed by atoms with Crippen molar-refractivity contribution in [3.63, 3.8) is 0 Å². The van der Waals surface area contributed by atoms with E-state index in [1.165, 1.54) is 10.4 Å². The Morgan fingerprint density at radius 1 is 1.16 bits per heavy atom. The number of benzene rings is 1. The van der Waals surface area contributed by atoms with Crippen LogP contribution in [0, 0.1) is 0 Å². The van der Waals surface area contributed by atoms with Gasteiger partial charge in [-0.3, -0.25) is 4.79 Å². The first-order valence-electron chi connectivity index (χ1n) is 8.57. The number of hydrogen-bond acceptors (Lipinski definition) is 5. The number of morpholine rings is 1. The summed E-state index contributed by atoms with van der Waals surface area (Å²) in [7, 11) is -1.61. The van der Waals surface area contributed by atoms with Gasteiger partial charge in [-0.15, -0.1) is 0 Å². The number of ether oxygens (including phenoxy) is 1. The van der Waals surface area contributed by atoms with Crippen LogP contribution in [0.2, 0.25) is 0 Å². The van der Waals surface area contributed by atoms with Crippen molar-refractivity contribution in [2.24, 2.45) is 0 Å². The molecule has 8 heteroatoms. The molecular formula is C17H25N3O4S. The second-order valence-corrected chi connectivity index (χ2v) is 8.55. The second-order valence-electron chi connectivity index (χ2n) is 6.66. The van der Waals surface area contributed by atoms with E-state index < -0.39 is 10.0 Å². The van der Waals surface area contributed by atoms with Crippen LogP contribution in [0.4, 0.5) is 0 Å². The summed E-state index contributed by atoms with van der Waals surface area (Å²) in [6.07, 6.45) is 0. The Labute approximate surface area is 149 Å². The summed E-state index contributed by atoms with van der Waals surface area (Å²) in [5.41, 5.74) is 0.423. The third-order valence-electron chi connectivity index (χ3n) is 4.78. The van der Waals surface area contributed by atoms with E-state index in [9.17, 15) is 13.2 Å². The zero-order valence-corrected chi connectivity index (χ0v) is 15.5. The van der Waals surface area contributed by atoms with Crippen molar-refractivity contribution in [2.45, 2.75) is 17.9 Å². The van der Waals surface area contributed by atoms with Gasteiger partial charge in [0.05, 0.1) is 18.1 Å². The molecule has 1 atom stereocenters. The number of rotatable bonds is 3. The quantitative estimate of drug-likeness (QED) is 0.777. The van der Waals surface area contributed by atoms with Gasteiger partial charge in [0.1, 0.15) is 0 Å². The molecule has 25 heavy (non-hydrogen) atoms. The van der Waals surface area contributed by atoms with Crippen molar-refractivity contribution in [1.82, 2.24) is 14.1 Å². The Morgan fingerprint density at radius 2 is 1.88 bits per heavy atom. The maximum atomic E-state index is 12.9. The highest BCUT2D eigenvalue weighted by molar-refractivity contribution is 7.89. The van der Waals surface area contributed by atoms with Crippen molar-refractivity contribution in [1.29, 1.82) is 0 Å². The molecule has 1 unspecified atom stereocenters. The number of piperazine rings is 1. The summed E-state index contributed by atoms with van der Waals surface area (Å²) in [5.74, 6) is -0.111. The average Bonchev–Trinajstić information content (AvgIpc) is 2.62. The fourth-order valence-electron chi connectivity index (χ4n) is 3.19. The van der Waals surface area contributed by atoms with Crippen molar-refractivity contribution < 1.29 is 17.9 Å². The molecule has 0 saturated carbocycles. The molecule has 0 bridgehead atoms. The second kappa shape index (κ2) is 7.41. The number of sulfonamides is 1. The highest BCUT2D eigenvalue weighted by Crippen LogP contribution is 2.22. The maximum absolute atomic E-state index is 12.9. The third-order valence-corrected chi connectivity index (χ3v) is 6.79. The molecule has 0 spiro atoms. The topological polar surface area (TPSA) is 70.2 Å². The normalized spacial score (nSPS) is 23.6. The van der Waals surface area contributed by atoms with Crippen molar-refractivity contribution in [3.8, 4) is 0 Å². The lowest BCUT2D eigenvalue weighted by Crippen LogP contribution is -2.47. The van der Waals surface area contributed by atoms with Crippen LogP contribution in [0.1, 0.15) is 17.3 Å². The van der Waals surface area contributed by atoms with Gasteiger partial charge in [-0.25, -0.2) is 8.42 Å². The van der Waals surface area contributed by atoms with E-state index in [0.29, 0.717) is 38.4 Å². The number of carbonyl (C=O) groups is 1. The number of hydrogen-bond donors (Lipinski definition) is 0.